The Morgan fingerprint density at radius 1 is 0.885 bits per heavy atom. The maximum atomic E-state index is 12.4. The smallest absolute Gasteiger partial charge is 0.194 e. The Labute approximate surface area is 157 Å². The topological polar surface area (TPSA) is 9.23 Å². The average Bonchev–Trinajstić information content (AvgIpc) is 2.65. The molecule has 0 bridgehead atoms. The van der Waals surface area contributed by atoms with Crippen LogP contribution >= 0.6 is 0 Å². The van der Waals surface area contributed by atoms with Crippen molar-refractivity contribution in [3.8, 4) is 0 Å². The fourth-order valence-electron chi connectivity index (χ4n) is 4.20. The molecule has 2 fully saturated rings. The number of aryl methyl sites for hydroxylation is 1. The molecule has 1 nitrogen and oxygen atoms in total. The maximum Gasteiger partial charge on any atom is 0.194 e. The molecular formula is C21H34F4O. The number of halogens is 4. The van der Waals surface area contributed by atoms with Crippen molar-refractivity contribution in [3.05, 3.63) is 35.1 Å². The van der Waals surface area contributed by atoms with Crippen LogP contribution in [0.25, 0.3) is 0 Å². The lowest BCUT2D eigenvalue weighted by molar-refractivity contribution is -0.0345. The van der Waals surface area contributed by atoms with Crippen molar-refractivity contribution in [1.82, 2.24) is 0 Å². The molecule has 0 saturated heterocycles. The van der Waals surface area contributed by atoms with Crippen LogP contribution in [0.15, 0.2) is 12.1 Å². The normalized spacial score (nSPS) is 29.0. The van der Waals surface area contributed by atoms with E-state index in [4.69, 9.17) is 4.74 Å². The first-order valence-corrected chi connectivity index (χ1v) is 9.70. The van der Waals surface area contributed by atoms with Crippen LogP contribution in [0.4, 0.5) is 17.6 Å². The predicted octanol–water partition coefficient (Wildman–Crippen LogP) is 7.22. The van der Waals surface area contributed by atoms with Gasteiger partial charge in [-0.1, -0.05) is 25.8 Å². The largest absolute Gasteiger partial charge is 0.347 e. The molecule has 152 valence electrons. The van der Waals surface area contributed by atoms with E-state index in [-0.39, 0.29) is 14.5 Å². The highest BCUT2D eigenvalue weighted by Gasteiger charge is 2.30. The monoisotopic (exact) mass is 378 g/mol. The van der Waals surface area contributed by atoms with E-state index in [1.54, 1.807) is 0 Å². The number of ether oxygens (including phenoxy) is 1. The summed E-state index contributed by atoms with van der Waals surface area (Å²) in [4.78, 5) is 0. The minimum Gasteiger partial charge on any atom is -0.347 e. The van der Waals surface area contributed by atoms with E-state index in [2.05, 4.69) is 6.92 Å². The molecule has 0 aliphatic heterocycles. The molecule has 0 N–H and O–H groups in total. The fourth-order valence-corrected chi connectivity index (χ4v) is 4.20. The van der Waals surface area contributed by atoms with E-state index in [0.29, 0.717) is 0 Å². The van der Waals surface area contributed by atoms with Gasteiger partial charge in [0.1, 0.15) is 0 Å². The van der Waals surface area contributed by atoms with E-state index in [0.717, 1.165) is 36.7 Å². The third-order valence-electron chi connectivity index (χ3n) is 5.97. The standard InChI is InChI=1S/C14H25FO.C7H5F3.2H2/c1-11-2-4-12(5-3-11)13-6-8-14(9-7-13)16-10-15;1-4-2-3-5(8)7(10)6(4)9;;/h11-14H,2-10H2,1H3;2-3H,1H3;2*1H. The Kier molecular flexibility index (Phi) is 8.39. The zero-order valence-corrected chi connectivity index (χ0v) is 15.7. The molecule has 0 heterocycles. The number of hydrogen-bond donors (Lipinski definition) is 0. The van der Waals surface area contributed by atoms with E-state index in [1.807, 2.05) is 0 Å². The summed E-state index contributed by atoms with van der Waals surface area (Å²) in [5.41, 5.74) is 0.110. The van der Waals surface area contributed by atoms with Gasteiger partial charge in [0.25, 0.3) is 0 Å². The molecule has 2 aliphatic rings. The first-order chi connectivity index (χ1) is 12.4. The Morgan fingerprint density at radius 3 is 1.92 bits per heavy atom. The number of benzene rings is 1. The van der Waals surface area contributed by atoms with Crippen LogP contribution in [-0.4, -0.2) is 13.0 Å². The van der Waals surface area contributed by atoms with Crippen LogP contribution in [0, 0.1) is 42.1 Å². The van der Waals surface area contributed by atoms with Gasteiger partial charge in [0, 0.05) is 2.85 Å². The molecule has 0 unspecified atom stereocenters. The summed E-state index contributed by atoms with van der Waals surface area (Å²) in [7, 11) is 0. The molecule has 0 radical (unpaired) electrons. The molecule has 5 heteroatoms. The molecule has 3 rings (SSSR count). The molecule has 0 spiro atoms. The van der Waals surface area contributed by atoms with E-state index >= 15 is 0 Å². The summed E-state index contributed by atoms with van der Waals surface area (Å²) in [6.07, 6.45) is 10.6. The molecular weight excluding hydrogens is 344 g/mol. The van der Waals surface area contributed by atoms with E-state index in [1.165, 1.54) is 51.5 Å². The van der Waals surface area contributed by atoms with Crippen LogP contribution in [0.1, 0.15) is 66.7 Å². The van der Waals surface area contributed by atoms with Gasteiger partial charge in [0.05, 0.1) is 6.10 Å². The zero-order valence-electron chi connectivity index (χ0n) is 15.7. The Balaban J connectivity index is 0.000000532. The van der Waals surface area contributed by atoms with Gasteiger partial charge in [0.2, 0.25) is 0 Å². The van der Waals surface area contributed by atoms with Crippen LogP contribution in [0.5, 0.6) is 0 Å². The van der Waals surface area contributed by atoms with Gasteiger partial charge in [0.15, 0.2) is 24.3 Å². The minimum atomic E-state index is -1.40. The highest BCUT2D eigenvalue weighted by Crippen LogP contribution is 2.40. The average molecular weight is 378 g/mol. The van der Waals surface area contributed by atoms with Crippen LogP contribution in [0.3, 0.4) is 0 Å². The SMILES string of the molecule is CC1CCC(C2CCC(OCF)CC2)CC1.Cc1ccc(F)c(F)c1F.[HH].[HH]. The number of rotatable bonds is 3. The molecule has 0 atom stereocenters. The quantitative estimate of drug-likeness (QED) is 0.398. The molecule has 1 aromatic rings. The molecule has 26 heavy (non-hydrogen) atoms. The van der Waals surface area contributed by atoms with E-state index in [9.17, 15) is 17.6 Å². The number of alkyl halides is 1. The Bertz CT molecular complexity index is 531. The Morgan fingerprint density at radius 2 is 1.42 bits per heavy atom. The van der Waals surface area contributed by atoms with Crippen molar-refractivity contribution < 1.29 is 25.2 Å². The predicted molar refractivity (Wildman–Crippen MR) is 99.2 cm³/mol. The summed E-state index contributed by atoms with van der Waals surface area (Å²) >= 11 is 0. The summed E-state index contributed by atoms with van der Waals surface area (Å²) in [5.74, 6) is -0.847. The fraction of sp³-hybridized carbons (Fsp3) is 0.714. The van der Waals surface area contributed by atoms with Crippen LogP contribution in [0.2, 0.25) is 0 Å². The molecule has 0 aromatic heterocycles. The second-order valence-electron chi connectivity index (χ2n) is 7.82. The second-order valence-corrected chi connectivity index (χ2v) is 7.82. The van der Waals surface area contributed by atoms with Gasteiger partial charge in [-0.3, -0.25) is 0 Å². The first kappa shape index (κ1) is 21.2. The Hall–Kier alpha value is -1.10. The van der Waals surface area contributed by atoms with Gasteiger partial charge < -0.3 is 4.74 Å². The maximum absolute atomic E-state index is 12.4. The van der Waals surface area contributed by atoms with Crippen molar-refractivity contribution in [2.75, 3.05) is 6.86 Å². The van der Waals surface area contributed by atoms with Gasteiger partial charge in [-0.2, -0.15) is 0 Å². The second kappa shape index (κ2) is 10.3. The first-order valence-electron chi connectivity index (χ1n) is 9.70. The van der Waals surface area contributed by atoms with E-state index < -0.39 is 24.3 Å². The zero-order chi connectivity index (χ0) is 19.1. The van der Waals surface area contributed by atoms with Crippen molar-refractivity contribution in [3.63, 3.8) is 0 Å². The van der Waals surface area contributed by atoms with Gasteiger partial charge in [-0.25, -0.2) is 17.6 Å². The minimum absolute atomic E-state index is 0. The molecule has 2 saturated carbocycles. The van der Waals surface area contributed by atoms with Crippen molar-refractivity contribution in [1.29, 1.82) is 0 Å². The summed E-state index contributed by atoms with van der Waals surface area (Å²) in [5, 5.41) is 0. The van der Waals surface area contributed by atoms with Crippen molar-refractivity contribution in [2.24, 2.45) is 17.8 Å². The molecule has 0 amide bonds. The third kappa shape index (κ3) is 5.97. The third-order valence-corrected chi connectivity index (χ3v) is 5.97. The highest BCUT2D eigenvalue weighted by atomic mass is 19.2. The lowest BCUT2D eigenvalue weighted by Gasteiger charge is -2.36. The highest BCUT2D eigenvalue weighted by molar-refractivity contribution is 5.18. The summed E-state index contributed by atoms with van der Waals surface area (Å²) in [6.45, 7) is 3.15. The lowest BCUT2D eigenvalue weighted by atomic mass is 9.71. The van der Waals surface area contributed by atoms with Crippen LogP contribution in [-0.2, 0) is 4.74 Å². The summed E-state index contributed by atoms with van der Waals surface area (Å²) in [6, 6.07) is 2.08. The van der Waals surface area contributed by atoms with Crippen LogP contribution < -0.4 is 0 Å². The van der Waals surface area contributed by atoms with Crippen molar-refractivity contribution >= 4 is 0 Å². The summed E-state index contributed by atoms with van der Waals surface area (Å²) < 4.78 is 53.9. The van der Waals surface area contributed by atoms with Gasteiger partial charge in [-0.15, -0.1) is 0 Å². The van der Waals surface area contributed by atoms with Gasteiger partial charge in [-0.05, 0) is 74.8 Å². The van der Waals surface area contributed by atoms with Gasteiger partial charge >= 0.3 is 0 Å². The number of hydrogen-bond acceptors (Lipinski definition) is 1. The lowest BCUT2D eigenvalue weighted by Crippen LogP contribution is -2.28. The molecule has 1 aromatic carbocycles. The molecule has 2 aliphatic carbocycles. The van der Waals surface area contributed by atoms with Crippen molar-refractivity contribution in [2.45, 2.75) is 71.3 Å².